The van der Waals surface area contributed by atoms with E-state index >= 15 is 0 Å². The largest absolute Gasteiger partial charge is 0.460 e. The van der Waals surface area contributed by atoms with Gasteiger partial charge in [0.2, 0.25) is 17.7 Å². The monoisotopic (exact) mass is 666 g/mol. The molecule has 44 heavy (non-hydrogen) atoms. The fourth-order valence-electron chi connectivity index (χ4n) is 3.91. The van der Waals surface area contributed by atoms with Crippen LogP contribution in [0.5, 0.6) is 0 Å². The van der Waals surface area contributed by atoms with Crippen LogP contribution in [0.2, 0.25) is 0 Å². The van der Waals surface area contributed by atoms with Crippen molar-refractivity contribution in [3.63, 3.8) is 0 Å². The summed E-state index contributed by atoms with van der Waals surface area (Å²) in [5.74, 6) is -4.90. The predicted octanol–water partition coefficient (Wildman–Crippen LogP) is 3.88. The van der Waals surface area contributed by atoms with E-state index in [1.165, 1.54) is 29.2 Å². The molecule has 2 atom stereocenters. The zero-order valence-electron chi connectivity index (χ0n) is 24.4. The van der Waals surface area contributed by atoms with E-state index in [1.54, 1.807) is 38.3 Å². The number of primary amides is 1. The highest BCUT2D eigenvalue weighted by molar-refractivity contribution is 8.26. The lowest BCUT2D eigenvalue weighted by molar-refractivity contribution is -0.155. The summed E-state index contributed by atoms with van der Waals surface area (Å²) in [6.45, 7) is 6.48. The van der Waals surface area contributed by atoms with Crippen LogP contribution in [0, 0.1) is 11.6 Å². The van der Waals surface area contributed by atoms with Gasteiger partial charge >= 0.3 is 5.97 Å². The number of hydrogen-bond donors (Lipinski definition) is 3. The van der Waals surface area contributed by atoms with E-state index in [9.17, 15) is 32.8 Å². The van der Waals surface area contributed by atoms with Gasteiger partial charge in [0.25, 0.3) is 5.91 Å². The molecule has 15 heteroatoms. The maximum absolute atomic E-state index is 13.6. The number of halogens is 2. The number of nitrogens with one attached hydrogen (secondary N) is 2. The third-order valence-corrected chi connectivity index (χ3v) is 8.33. The van der Waals surface area contributed by atoms with E-state index < -0.39 is 58.9 Å². The summed E-state index contributed by atoms with van der Waals surface area (Å²) in [4.78, 5) is 64.2. The standard InChI is InChI=1S/C29H32F2N4O6S3/c1-15(26(39)34-21(25(32)38)7-8-24(37)41-29(2,3)4)33-23(36)9-10-35-27(40)22(44-28(35)42)13-18-11-17(14-43-18)16-5-6-19(30)20(31)12-16/h5-6,11-15,21H,7-10H2,1-4H3,(H2,32,38)(H,33,36)(H,34,39)/t15-,21-/m0/s1. The summed E-state index contributed by atoms with van der Waals surface area (Å²) in [6, 6.07) is 3.15. The Morgan fingerprint density at radius 3 is 2.43 bits per heavy atom. The molecule has 4 N–H and O–H groups in total. The van der Waals surface area contributed by atoms with Gasteiger partial charge in [0, 0.05) is 24.3 Å². The quantitative estimate of drug-likeness (QED) is 0.176. The molecule has 1 aromatic heterocycles. The number of benzene rings is 1. The molecule has 1 aromatic carbocycles. The van der Waals surface area contributed by atoms with Crippen molar-refractivity contribution in [2.24, 2.45) is 5.73 Å². The van der Waals surface area contributed by atoms with Crippen molar-refractivity contribution in [2.45, 2.75) is 64.6 Å². The summed E-state index contributed by atoms with van der Waals surface area (Å²) >= 11 is 7.71. The molecule has 0 radical (unpaired) electrons. The molecule has 10 nitrogen and oxygen atoms in total. The van der Waals surface area contributed by atoms with Gasteiger partial charge in [0.05, 0.1) is 4.91 Å². The Kier molecular flexibility index (Phi) is 11.8. The summed E-state index contributed by atoms with van der Waals surface area (Å²) in [5, 5.41) is 6.69. The lowest BCUT2D eigenvalue weighted by Crippen LogP contribution is -2.52. The van der Waals surface area contributed by atoms with Crippen LogP contribution < -0.4 is 16.4 Å². The van der Waals surface area contributed by atoms with Crippen molar-refractivity contribution in [1.82, 2.24) is 15.5 Å². The molecule has 1 saturated heterocycles. The molecule has 0 aliphatic carbocycles. The Morgan fingerprint density at radius 2 is 1.80 bits per heavy atom. The minimum absolute atomic E-state index is 0.0352. The molecule has 236 valence electrons. The molecule has 2 aromatic rings. The normalized spacial score (nSPS) is 15.7. The summed E-state index contributed by atoms with van der Waals surface area (Å²) in [7, 11) is 0. The first kappa shape index (κ1) is 34.8. The van der Waals surface area contributed by atoms with Gasteiger partial charge in [-0.2, -0.15) is 0 Å². The molecule has 0 spiro atoms. The smallest absolute Gasteiger partial charge is 0.306 e. The van der Waals surface area contributed by atoms with Gasteiger partial charge in [-0.15, -0.1) is 11.3 Å². The van der Waals surface area contributed by atoms with Gasteiger partial charge in [-0.3, -0.25) is 28.9 Å². The van der Waals surface area contributed by atoms with E-state index in [0.29, 0.717) is 20.9 Å². The van der Waals surface area contributed by atoms with Gasteiger partial charge in [-0.25, -0.2) is 8.78 Å². The predicted molar refractivity (Wildman–Crippen MR) is 168 cm³/mol. The number of thiocarbonyl (C=S) groups is 1. The molecule has 0 saturated carbocycles. The highest BCUT2D eigenvalue weighted by Gasteiger charge is 2.32. The number of thioether (sulfide) groups is 1. The highest BCUT2D eigenvalue weighted by atomic mass is 32.2. The highest BCUT2D eigenvalue weighted by Crippen LogP contribution is 2.35. The number of esters is 1. The summed E-state index contributed by atoms with van der Waals surface area (Å²) in [5.41, 5.74) is 5.82. The molecule has 0 bridgehead atoms. The van der Waals surface area contributed by atoms with Crippen molar-refractivity contribution < 1.29 is 37.5 Å². The summed E-state index contributed by atoms with van der Waals surface area (Å²) < 4.78 is 32.3. The Labute approximate surface area is 266 Å². The van der Waals surface area contributed by atoms with Gasteiger partial charge in [0.15, 0.2) is 11.6 Å². The van der Waals surface area contributed by atoms with Crippen LogP contribution in [0.3, 0.4) is 0 Å². The fraction of sp³-hybridized carbons (Fsp3) is 0.379. The van der Waals surface area contributed by atoms with Crippen LogP contribution in [0.15, 0.2) is 34.6 Å². The zero-order valence-corrected chi connectivity index (χ0v) is 26.9. The van der Waals surface area contributed by atoms with Crippen LogP contribution in [-0.4, -0.2) is 63.0 Å². The molecule has 1 aliphatic rings. The van der Waals surface area contributed by atoms with E-state index in [4.69, 9.17) is 22.7 Å². The number of nitrogens with zero attached hydrogens (tertiary/aromatic N) is 1. The number of hydrogen-bond acceptors (Lipinski definition) is 9. The number of thiophene rings is 1. The van der Waals surface area contributed by atoms with Crippen molar-refractivity contribution in [1.29, 1.82) is 0 Å². The van der Waals surface area contributed by atoms with E-state index in [0.717, 1.165) is 23.9 Å². The Hall–Kier alpha value is -3.69. The number of ether oxygens (including phenoxy) is 1. The topological polar surface area (TPSA) is 148 Å². The molecular formula is C29H32F2N4O6S3. The van der Waals surface area contributed by atoms with Crippen molar-refractivity contribution in [3.8, 4) is 11.1 Å². The number of carbonyl (C=O) groups excluding carboxylic acids is 5. The van der Waals surface area contributed by atoms with Crippen LogP contribution in [-0.2, 0) is 28.7 Å². The first-order valence-corrected chi connectivity index (χ1v) is 15.5. The van der Waals surface area contributed by atoms with E-state index in [2.05, 4.69) is 10.6 Å². The van der Waals surface area contributed by atoms with Gasteiger partial charge < -0.3 is 21.1 Å². The lowest BCUT2D eigenvalue weighted by atomic mass is 10.1. The molecule has 3 rings (SSSR count). The lowest BCUT2D eigenvalue weighted by Gasteiger charge is -2.22. The van der Waals surface area contributed by atoms with Crippen LogP contribution in [0.25, 0.3) is 17.2 Å². The van der Waals surface area contributed by atoms with Crippen LogP contribution in [0.1, 0.15) is 51.8 Å². The van der Waals surface area contributed by atoms with Crippen molar-refractivity contribution in [2.75, 3.05) is 6.54 Å². The third kappa shape index (κ3) is 9.92. The van der Waals surface area contributed by atoms with Crippen LogP contribution in [0.4, 0.5) is 8.78 Å². The Bertz CT molecular complexity index is 1500. The van der Waals surface area contributed by atoms with Crippen molar-refractivity contribution in [3.05, 3.63) is 51.1 Å². The maximum atomic E-state index is 13.6. The molecule has 2 heterocycles. The maximum Gasteiger partial charge on any atom is 0.306 e. The minimum atomic E-state index is -1.15. The molecule has 0 unspecified atom stereocenters. The Morgan fingerprint density at radius 1 is 1.09 bits per heavy atom. The third-order valence-electron chi connectivity index (χ3n) is 6.07. The molecular weight excluding hydrogens is 635 g/mol. The average molecular weight is 667 g/mol. The molecule has 1 fully saturated rings. The van der Waals surface area contributed by atoms with Gasteiger partial charge in [0.1, 0.15) is 22.0 Å². The van der Waals surface area contributed by atoms with Gasteiger partial charge in [-0.05, 0) is 74.9 Å². The van der Waals surface area contributed by atoms with Crippen molar-refractivity contribution >= 4 is 75.3 Å². The molecule has 4 amide bonds. The molecule has 1 aliphatic heterocycles. The average Bonchev–Trinajstić information content (AvgIpc) is 3.49. The SMILES string of the molecule is C[C@H](NC(=O)CCN1C(=O)C(=Cc2cc(-c3ccc(F)c(F)c3)cs2)SC1=S)C(=O)N[C@@H](CCC(=O)OC(C)(C)C)C(N)=O. The second-order valence-electron chi connectivity index (χ2n) is 10.8. The van der Waals surface area contributed by atoms with Gasteiger partial charge in [-0.1, -0.05) is 30.0 Å². The van der Waals surface area contributed by atoms with E-state index in [1.807, 2.05) is 0 Å². The number of carbonyl (C=O) groups is 5. The first-order chi connectivity index (χ1) is 20.5. The fourth-order valence-corrected chi connectivity index (χ4v) is 6.13. The Balaban J connectivity index is 1.51. The number of amides is 4. The number of nitrogens with two attached hydrogens (primary N) is 1. The minimum Gasteiger partial charge on any atom is -0.460 e. The zero-order chi connectivity index (χ0) is 32.8. The first-order valence-electron chi connectivity index (χ1n) is 13.4. The summed E-state index contributed by atoms with van der Waals surface area (Å²) in [6.07, 6.45) is 1.26. The second kappa shape index (κ2) is 14.9. The van der Waals surface area contributed by atoms with E-state index in [-0.39, 0.29) is 30.1 Å². The second-order valence-corrected chi connectivity index (χ2v) is 13.4. The number of rotatable bonds is 12. The van der Waals surface area contributed by atoms with Crippen LogP contribution >= 0.6 is 35.3 Å².